The zero-order valence-electron chi connectivity index (χ0n) is 18.9. The smallest absolute Gasteiger partial charge is 0.261 e. The molecule has 32 heavy (non-hydrogen) atoms. The van der Waals surface area contributed by atoms with E-state index in [1.165, 1.54) is 17.4 Å². The highest BCUT2D eigenvalue weighted by molar-refractivity contribution is 7.91. The van der Waals surface area contributed by atoms with E-state index in [1.807, 2.05) is 32.3 Å². The Kier molecular flexibility index (Phi) is 9.21. The minimum atomic E-state index is -3.53. The Morgan fingerprint density at radius 3 is 2.41 bits per heavy atom. The molecule has 0 N–H and O–H groups in total. The van der Waals surface area contributed by atoms with E-state index in [-0.39, 0.29) is 34.5 Å². The van der Waals surface area contributed by atoms with Gasteiger partial charge in [0.15, 0.2) is 15.0 Å². The Labute approximate surface area is 200 Å². The van der Waals surface area contributed by atoms with E-state index in [0.29, 0.717) is 11.7 Å². The van der Waals surface area contributed by atoms with Gasteiger partial charge >= 0.3 is 0 Å². The number of aromatic nitrogens is 1. The average molecular weight is 496 g/mol. The summed E-state index contributed by atoms with van der Waals surface area (Å²) in [5.74, 6) is -0.387. The second-order valence-electron chi connectivity index (χ2n) is 7.63. The van der Waals surface area contributed by atoms with Gasteiger partial charge in [-0.05, 0) is 57.2 Å². The highest BCUT2D eigenvalue weighted by Gasteiger charge is 2.27. The fraction of sp³-hybridized carbons (Fsp3) is 0.391. The third kappa shape index (κ3) is 5.67. The summed E-state index contributed by atoms with van der Waals surface area (Å²) >= 11 is 1.47. The summed E-state index contributed by atoms with van der Waals surface area (Å²) in [6, 6.07) is 12.5. The van der Waals surface area contributed by atoms with E-state index in [9.17, 15) is 13.2 Å². The normalized spacial score (nSPS) is 11.5. The SMILES string of the molecule is CCc1cccc2sc(N(CCCN(C)C)C(=O)c3ccccc3S(=O)(=O)CC)nc12.Cl. The van der Waals surface area contributed by atoms with Gasteiger partial charge in [0, 0.05) is 6.54 Å². The number of rotatable bonds is 9. The maximum absolute atomic E-state index is 13.7. The molecule has 0 atom stereocenters. The predicted octanol–water partition coefficient (Wildman–Crippen LogP) is 4.67. The summed E-state index contributed by atoms with van der Waals surface area (Å²) in [7, 11) is 0.442. The number of fused-ring (bicyclic) bond motifs is 1. The number of para-hydroxylation sites is 1. The second kappa shape index (κ2) is 11.2. The molecule has 3 rings (SSSR count). The first kappa shape index (κ1) is 26.3. The van der Waals surface area contributed by atoms with Crippen molar-refractivity contribution in [1.82, 2.24) is 9.88 Å². The van der Waals surface area contributed by atoms with Crippen LogP contribution < -0.4 is 4.90 Å². The van der Waals surface area contributed by atoms with Gasteiger partial charge in [-0.15, -0.1) is 12.4 Å². The predicted molar refractivity (Wildman–Crippen MR) is 135 cm³/mol. The Morgan fingerprint density at radius 1 is 1.03 bits per heavy atom. The number of anilines is 1. The minimum Gasteiger partial charge on any atom is -0.309 e. The molecule has 1 heterocycles. The molecular formula is C23H30ClN3O3S2. The number of carbonyl (C=O) groups excluding carboxylic acids is 1. The van der Waals surface area contributed by atoms with Crippen LogP contribution in [0, 0.1) is 0 Å². The molecule has 9 heteroatoms. The zero-order valence-corrected chi connectivity index (χ0v) is 21.3. The van der Waals surface area contributed by atoms with Gasteiger partial charge in [-0.25, -0.2) is 13.4 Å². The Morgan fingerprint density at radius 2 is 1.75 bits per heavy atom. The van der Waals surface area contributed by atoms with Gasteiger partial charge in [0.05, 0.1) is 26.4 Å². The standard InChI is InChI=1S/C23H29N3O3S2.ClH/c1-5-17-11-9-13-19-21(17)24-23(30-19)26(16-10-15-25(3)4)22(27)18-12-7-8-14-20(18)31(28,29)6-2;/h7-9,11-14H,5-6,10,15-16H2,1-4H3;1H. The summed E-state index contributed by atoms with van der Waals surface area (Å²) in [4.78, 5) is 22.2. The van der Waals surface area contributed by atoms with Crippen molar-refractivity contribution in [1.29, 1.82) is 0 Å². The molecular weight excluding hydrogens is 466 g/mol. The van der Waals surface area contributed by atoms with Gasteiger partial charge in [-0.3, -0.25) is 9.69 Å². The molecule has 0 bridgehead atoms. The fourth-order valence-electron chi connectivity index (χ4n) is 3.44. The van der Waals surface area contributed by atoms with Gasteiger partial charge in [0.25, 0.3) is 5.91 Å². The van der Waals surface area contributed by atoms with E-state index in [0.717, 1.165) is 35.2 Å². The number of aryl methyl sites for hydroxylation is 1. The largest absolute Gasteiger partial charge is 0.309 e. The molecule has 0 aliphatic heterocycles. The summed E-state index contributed by atoms with van der Waals surface area (Å²) in [5, 5.41) is 0.600. The van der Waals surface area contributed by atoms with Crippen LogP contribution in [-0.2, 0) is 16.3 Å². The number of hydrogen-bond acceptors (Lipinski definition) is 6. The first-order chi connectivity index (χ1) is 14.8. The van der Waals surface area contributed by atoms with E-state index in [2.05, 4.69) is 11.8 Å². The summed E-state index contributed by atoms with van der Waals surface area (Å²) < 4.78 is 26.3. The Hall–Kier alpha value is -2.00. The minimum absolute atomic E-state index is 0. The van der Waals surface area contributed by atoms with Crippen LogP contribution in [0.1, 0.15) is 36.2 Å². The molecule has 174 valence electrons. The van der Waals surface area contributed by atoms with Crippen molar-refractivity contribution >= 4 is 54.8 Å². The van der Waals surface area contributed by atoms with Crippen molar-refractivity contribution in [3.8, 4) is 0 Å². The number of benzene rings is 2. The van der Waals surface area contributed by atoms with Crippen molar-refractivity contribution in [2.45, 2.75) is 31.6 Å². The zero-order chi connectivity index (χ0) is 22.6. The molecule has 0 saturated heterocycles. The van der Waals surface area contributed by atoms with Crippen LogP contribution in [0.25, 0.3) is 10.2 Å². The molecule has 3 aromatic rings. The van der Waals surface area contributed by atoms with Crippen LogP contribution in [0.2, 0.25) is 0 Å². The first-order valence-corrected chi connectivity index (χ1v) is 12.9. The molecule has 0 aliphatic carbocycles. The van der Waals surface area contributed by atoms with Gasteiger partial charge in [0.1, 0.15) is 0 Å². The third-order valence-corrected chi connectivity index (χ3v) is 8.00. The molecule has 0 radical (unpaired) electrons. The van der Waals surface area contributed by atoms with Crippen molar-refractivity contribution < 1.29 is 13.2 Å². The second-order valence-corrected chi connectivity index (χ2v) is 10.9. The number of carbonyl (C=O) groups is 1. The van der Waals surface area contributed by atoms with Gasteiger partial charge in [-0.2, -0.15) is 0 Å². The number of hydrogen-bond donors (Lipinski definition) is 0. The monoisotopic (exact) mass is 495 g/mol. The lowest BCUT2D eigenvalue weighted by atomic mass is 10.1. The van der Waals surface area contributed by atoms with Crippen LogP contribution in [-0.4, -0.2) is 57.1 Å². The lowest BCUT2D eigenvalue weighted by molar-refractivity contribution is 0.0983. The molecule has 0 saturated carbocycles. The maximum atomic E-state index is 13.7. The summed E-state index contributed by atoms with van der Waals surface area (Å²) in [6.45, 7) is 4.94. The van der Waals surface area contributed by atoms with E-state index >= 15 is 0 Å². The third-order valence-electron chi connectivity index (χ3n) is 5.17. The maximum Gasteiger partial charge on any atom is 0.261 e. The van der Waals surface area contributed by atoms with Crippen LogP contribution in [0.5, 0.6) is 0 Å². The molecule has 1 amide bonds. The topological polar surface area (TPSA) is 70.6 Å². The molecule has 2 aromatic carbocycles. The molecule has 0 unspecified atom stereocenters. The molecule has 1 aromatic heterocycles. The van der Waals surface area contributed by atoms with E-state index < -0.39 is 9.84 Å². The van der Waals surface area contributed by atoms with E-state index in [4.69, 9.17) is 4.98 Å². The number of nitrogens with zero attached hydrogens (tertiary/aromatic N) is 3. The highest BCUT2D eigenvalue weighted by atomic mass is 35.5. The number of halogens is 1. The quantitative estimate of drug-likeness (QED) is 0.431. The first-order valence-electron chi connectivity index (χ1n) is 10.4. The van der Waals surface area contributed by atoms with Crippen molar-refractivity contribution in [2.75, 3.05) is 37.8 Å². The number of amides is 1. The van der Waals surface area contributed by atoms with Crippen LogP contribution in [0.15, 0.2) is 47.4 Å². The van der Waals surface area contributed by atoms with Crippen LogP contribution >= 0.6 is 23.7 Å². The molecule has 6 nitrogen and oxygen atoms in total. The molecule has 0 spiro atoms. The van der Waals surface area contributed by atoms with Crippen LogP contribution in [0.4, 0.5) is 5.13 Å². The molecule has 0 aliphatic rings. The van der Waals surface area contributed by atoms with E-state index in [1.54, 1.807) is 30.0 Å². The Bertz CT molecular complexity index is 1180. The van der Waals surface area contributed by atoms with Crippen LogP contribution in [0.3, 0.4) is 0 Å². The average Bonchev–Trinajstić information content (AvgIpc) is 3.20. The molecule has 0 fully saturated rings. The van der Waals surface area contributed by atoms with Gasteiger partial charge in [-0.1, -0.05) is 49.4 Å². The number of sulfone groups is 1. The highest BCUT2D eigenvalue weighted by Crippen LogP contribution is 2.32. The van der Waals surface area contributed by atoms with Crippen molar-refractivity contribution in [3.05, 3.63) is 53.6 Å². The van der Waals surface area contributed by atoms with Gasteiger partial charge in [0.2, 0.25) is 0 Å². The Balaban J connectivity index is 0.00000363. The fourth-order valence-corrected chi connectivity index (χ4v) is 5.56. The summed E-state index contributed by atoms with van der Waals surface area (Å²) in [5.41, 5.74) is 2.24. The van der Waals surface area contributed by atoms with Crippen molar-refractivity contribution in [3.63, 3.8) is 0 Å². The lowest BCUT2D eigenvalue weighted by Gasteiger charge is -2.22. The van der Waals surface area contributed by atoms with Gasteiger partial charge < -0.3 is 4.90 Å². The lowest BCUT2D eigenvalue weighted by Crippen LogP contribution is -2.34. The number of thiazole rings is 1. The van der Waals surface area contributed by atoms with Crippen molar-refractivity contribution in [2.24, 2.45) is 0 Å². The summed E-state index contributed by atoms with van der Waals surface area (Å²) in [6.07, 6.45) is 1.60.